The maximum absolute atomic E-state index is 12.8. The number of hydrogen-bond acceptors (Lipinski definition) is 3. The Morgan fingerprint density at radius 1 is 1.39 bits per heavy atom. The van der Waals surface area contributed by atoms with Crippen LogP contribution in [0.3, 0.4) is 0 Å². The number of pyridine rings is 1. The van der Waals surface area contributed by atoms with Crippen LogP contribution in [0.2, 0.25) is 0 Å². The summed E-state index contributed by atoms with van der Waals surface area (Å²) in [4.78, 5) is 3.69. The lowest BCUT2D eigenvalue weighted by atomic mass is 9.96. The number of ether oxygens (including phenoxy) is 1. The summed E-state index contributed by atoms with van der Waals surface area (Å²) >= 11 is 0. The van der Waals surface area contributed by atoms with Crippen molar-refractivity contribution in [3.05, 3.63) is 23.4 Å². The fraction of sp³-hybridized carbons (Fsp3) is 0.583. The number of aromatic nitrogens is 1. The number of rotatable bonds is 2. The zero-order chi connectivity index (χ0) is 13.3. The number of nitrogens with zero attached hydrogens (tertiary/aromatic N) is 1. The van der Waals surface area contributed by atoms with Gasteiger partial charge in [-0.05, 0) is 24.5 Å². The quantitative estimate of drug-likeness (QED) is 0.890. The van der Waals surface area contributed by atoms with Crippen molar-refractivity contribution in [2.75, 3.05) is 7.11 Å². The standard InChI is InChI=1S/C12H14F3NO2/c1-18-11-9(12(13,14)15)5-7(6-16-11)8-3-2-4-10(8)17/h5-6,8,10,17H,2-4H2,1H3/t8?,10-/m1/s1. The van der Waals surface area contributed by atoms with E-state index >= 15 is 0 Å². The van der Waals surface area contributed by atoms with Crippen molar-refractivity contribution in [3.63, 3.8) is 0 Å². The average Bonchev–Trinajstić information content (AvgIpc) is 2.73. The van der Waals surface area contributed by atoms with Gasteiger partial charge in [-0.2, -0.15) is 13.2 Å². The predicted molar refractivity (Wildman–Crippen MR) is 58.4 cm³/mol. The lowest BCUT2D eigenvalue weighted by molar-refractivity contribution is -0.139. The first-order valence-corrected chi connectivity index (χ1v) is 5.72. The maximum Gasteiger partial charge on any atom is 0.421 e. The number of hydrogen-bond donors (Lipinski definition) is 1. The maximum atomic E-state index is 12.8. The normalized spacial score (nSPS) is 24.3. The minimum atomic E-state index is -4.50. The lowest BCUT2D eigenvalue weighted by Crippen LogP contribution is -2.14. The van der Waals surface area contributed by atoms with E-state index in [9.17, 15) is 18.3 Å². The molecule has 18 heavy (non-hydrogen) atoms. The Kier molecular flexibility index (Phi) is 3.47. The molecule has 0 amide bonds. The van der Waals surface area contributed by atoms with Crippen molar-refractivity contribution in [1.29, 1.82) is 0 Å². The van der Waals surface area contributed by atoms with Crippen LogP contribution in [-0.4, -0.2) is 23.3 Å². The largest absolute Gasteiger partial charge is 0.481 e. The molecule has 0 spiro atoms. The Morgan fingerprint density at radius 2 is 2.11 bits per heavy atom. The van der Waals surface area contributed by atoms with Gasteiger partial charge in [0.15, 0.2) is 0 Å². The summed E-state index contributed by atoms with van der Waals surface area (Å²) in [6.45, 7) is 0. The van der Waals surface area contributed by atoms with Gasteiger partial charge in [-0.25, -0.2) is 4.98 Å². The molecule has 1 fully saturated rings. The van der Waals surface area contributed by atoms with E-state index in [-0.39, 0.29) is 5.92 Å². The van der Waals surface area contributed by atoms with Crippen molar-refractivity contribution in [3.8, 4) is 5.88 Å². The highest BCUT2D eigenvalue weighted by molar-refractivity contribution is 5.34. The molecule has 0 saturated heterocycles. The van der Waals surface area contributed by atoms with Crippen LogP contribution in [0.25, 0.3) is 0 Å². The summed E-state index contributed by atoms with van der Waals surface area (Å²) in [5, 5.41) is 9.72. The van der Waals surface area contributed by atoms with Crippen LogP contribution >= 0.6 is 0 Å². The van der Waals surface area contributed by atoms with E-state index in [1.807, 2.05) is 0 Å². The Labute approximate surface area is 103 Å². The van der Waals surface area contributed by atoms with Gasteiger partial charge >= 0.3 is 6.18 Å². The van der Waals surface area contributed by atoms with Crippen molar-refractivity contribution >= 4 is 0 Å². The summed E-state index contributed by atoms with van der Waals surface area (Å²) in [5.74, 6) is -0.691. The Hall–Kier alpha value is -1.30. The third-order valence-electron chi connectivity index (χ3n) is 3.28. The first kappa shape index (κ1) is 13.1. The Bertz CT molecular complexity index is 434. The molecule has 1 aromatic heterocycles. The van der Waals surface area contributed by atoms with Crippen LogP contribution < -0.4 is 4.74 Å². The summed E-state index contributed by atoms with van der Waals surface area (Å²) in [6.07, 6.45) is -1.60. The fourth-order valence-electron chi connectivity index (χ4n) is 2.37. The summed E-state index contributed by atoms with van der Waals surface area (Å²) in [6, 6.07) is 1.03. The van der Waals surface area contributed by atoms with Crippen LogP contribution in [0.4, 0.5) is 13.2 Å². The molecule has 2 rings (SSSR count). The second-order valence-corrected chi connectivity index (χ2v) is 4.43. The predicted octanol–water partition coefficient (Wildman–Crippen LogP) is 2.74. The van der Waals surface area contributed by atoms with Crippen molar-refractivity contribution < 1.29 is 23.0 Å². The van der Waals surface area contributed by atoms with E-state index < -0.39 is 23.7 Å². The van der Waals surface area contributed by atoms with Crippen molar-refractivity contribution in [2.45, 2.75) is 37.5 Å². The van der Waals surface area contributed by atoms with E-state index in [0.29, 0.717) is 18.4 Å². The van der Waals surface area contributed by atoms with Crippen LogP contribution in [0.1, 0.15) is 36.3 Å². The number of aliphatic hydroxyl groups is 1. The van der Waals surface area contributed by atoms with Crippen molar-refractivity contribution in [1.82, 2.24) is 4.98 Å². The van der Waals surface area contributed by atoms with Crippen LogP contribution in [0.15, 0.2) is 12.3 Å². The highest BCUT2D eigenvalue weighted by Crippen LogP contribution is 2.40. The molecule has 2 atom stereocenters. The molecule has 1 aliphatic rings. The SMILES string of the molecule is COc1ncc(C2CCC[C@H]2O)cc1C(F)(F)F. The van der Waals surface area contributed by atoms with Crippen LogP contribution in [-0.2, 0) is 6.18 Å². The van der Waals surface area contributed by atoms with E-state index in [1.54, 1.807) is 0 Å². The highest BCUT2D eigenvalue weighted by Gasteiger charge is 2.37. The van der Waals surface area contributed by atoms with Gasteiger partial charge in [-0.15, -0.1) is 0 Å². The van der Waals surface area contributed by atoms with Gasteiger partial charge in [0, 0.05) is 12.1 Å². The smallest absolute Gasteiger partial charge is 0.421 e. The average molecular weight is 261 g/mol. The molecule has 100 valence electrons. The molecule has 0 aliphatic heterocycles. The molecule has 0 aromatic carbocycles. The van der Waals surface area contributed by atoms with E-state index in [1.165, 1.54) is 6.20 Å². The minimum absolute atomic E-state index is 0.260. The molecule has 3 nitrogen and oxygen atoms in total. The van der Waals surface area contributed by atoms with E-state index in [4.69, 9.17) is 0 Å². The molecule has 0 bridgehead atoms. The molecule has 6 heteroatoms. The molecule has 1 aromatic rings. The van der Waals surface area contributed by atoms with Gasteiger partial charge in [0.2, 0.25) is 5.88 Å². The van der Waals surface area contributed by atoms with Gasteiger partial charge in [0.25, 0.3) is 0 Å². The number of methoxy groups -OCH3 is 1. The van der Waals surface area contributed by atoms with E-state index in [2.05, 4.69) is 9.72 Å². The Morgan fingerprint density at radius 3 is 2.61 bits per heavy atom. The lowest BCUT2D eigenvalue weighted by Gasteiger charge is -2.17. The molecule has 1 saturated carbocycles. The number of alkyl halides is 3. The topological polar surface area (TPSA) is 42.4 Å². The van der Waals surface area contributed by atoms with Gasteiger partial charge in [0.05, 0.1) is 13.2 Å². The molecule has 1 unspecified atom stereocenters. The Balaban J connectivity index is 2.39. The number of halogens is 3. The first-order valence-electron chi connectivity index (χ1n) is 5.72. The summed E-state index contributed by atoms with van der Waals surface area (Å²) in [7, 11) is 1.15. The zero-order valence-electron chi connectivity index (χ0n) is 9.87. The molecule has 1 heterocycles. The van der Waals surface area contributed by atoms with Gasteiger partial charge in [-0.1, -0.05) is 6.42 Å². The zero-order valence-corrected chi connectivity index (χ0v) is 9.87. The minimum Gasteiger partial charge on any atom is -0.481 e. The van der Waals surface area contributed by atoms with Crippen LogP contribution in [0.5, 0.6) is 5.88 Å². The highest BCUT2D eigenvalue weighted by atomic mass is 19.4. The van der Waals surface area contributed by atoms with Gasteiger partial charge in [0.1, 0.15) is 5.56 Å². The van der Waals surface area contributed by atoms with E-state index in [0.717, 1.165) is 19.6 Å². The second kappa shape index (κ2) is 4.76. The first-order chi connectivity index (χ1) is 8.43. The van der Waals surface area contributed by atoms with Crippen LogP contribution in [0, 0.1) is 0 Å². The third kappa shape index (κ3) is 2.43. The van der Waals surface area contributed by atoms with Crippen molar-refractivity contribution in [2.24, 2.45) is 0 Å². The monoisotopic (exact) mass is 261 g/mol. The fourth-order valence-corrected chi connectivity index (χ4v) is 2.37. The summed E-state index contributed by atoms with van der Waals surface area (Å²) in [5.41, 5.74) is -0.463. The second-order valence-electron chi connectivity index (χ2n) is 4.43. The molecular weight excluding hydrogens is 247 g/mol. The van der Waals surface area contributed by atoms with Gasteiger partial charge < -0.3 is 9.84 Å². The molecule has 0 radical (unpaired) electrons. The van der Waals surface area contributed by atoms with Gasteiger partial charge in [-0.3, -0.25) is 0 Å². The molecule has 1 N–H and O–H groups in total. The number of aliphatic hydroxyl groups excluding tert-OH is 1. The molecule has 1 aliphatic carbocycles. The summed E-state index contributed by atoms with van der Waals surface area (Å²) < 4.78 is 43.1. The third-order valence-corrected chi connectivity index (χ3v) is 3.28. The molecular formula is C12H14F3NO2.